The Morgan fingerprint density at radius 3 is 1.93 bits per heavy atom. The van der Waals surface area contributed by atoms with Gasteiger partial charge >= 0.3 is 5.97 Å². The number of esters is 1. The summed E-state index contributed by atoms with van der Waals surface area (Å²) in [7, 11) is 1.40. The largest absolute Gasteiger partial charge is 0.465 e. The molecule has 0 aliphatic rings. The van der Waals surface area contributed by atoms with Crippen molar-refractivity contribution >= 4 is 5.97 Å². The van der Waals surface area contributed by atoms with E-state index in [1.807, 2.05) is 46.8 Å². The molecule has 0 N–H and O–H groups in total. The molecule has 0 amide bonds. The highest BCUT2D eigenvalue weighted by Gasteiger charge is 2.09. The van der Waals surface area contributed by atoms with Gasteiger partial charge in [-0.1, -0.05) is 19.9 Å². The molecule has 0 atom stereocenters. The van der Waals surface area contributed by atoms with E-state index in [0.717, 1.165) is 11.1 Å². The summed E-state index contributed by atoms with van der Waals surface area (Å²) in [5.74, 6) is -0.263. The molecular weight excluding hydrogens is 188 g/mol. The van der Waals surface area contributed by atoms with Gasteiger partial charge in [0.1, 0.15) is 0 Å². The van der Waals surface area contributed by atoms with E-state index < -0.39 is 0 Å². The highest BCUT2D eigenvalue weighted by atomic mass is 16.5. The number of carbonyl (C=O) groups is 1. The lowest BCUT2D eigenvalue weighted by atomic mass is 10.0. The van der Waals surface area contributed by atoms with Crippen LogP contribution < -0.4 is 0 Å². The number of benzene rings is 1. The van der Waals surface area contributed by atoms with Crippen LogP contribution in [0.5, 0.6) is 0 Å². The summed E-state index contributed by atoms with van der Waals surface area (Å²) < 4.78 is 4.67. The first-order chi connectivity index (χ1) is 7.06. The van der Waals surface area contributed by atoms with E-state index in [9.17, 15) is 4.79 Å². The molecule has 2 heteroatoms. The summed E-state index contributed by atoms with van der Waals surface area (Å²) in [4.78, 5) is 11.3. The zero-order valence-electron chi connectivity index (χ0n) is 10.5. The fraction of sp³-hybridized carbons (Fsp3) is 0.462. The Labute approximate surface area is 92.3 Å². The smallest absolute Gasteiger partial charge is 0.338 e. The Bertz CT molecular complexity index is 341. The number of carbonyl (C=O) groups excluding carboxylic acids is 1. The summed E-state index contributed by atoms with van der Waals surface area (Å²) in [6.07, 6.45) is 0. The van der Waals surface area contributed by atoms with Crippen LogP contribution in [0, 0.1) is 20.8 Å². The van der Waals surface area contributed by atoms with Crippen molar-refractivity contribution in [2.24, 2.45) is 0 Å². The van der Waals surface area contributed by atoms with E-state index in [2.05, 4.69) is 4.74 Å². The van der Waals surface area contributed by atoms with Gasteiger partial charge < -0.3 is 4.74 Å². The van der Waals surface area contributed by atoms with Gasteiger partial charge in [0.05, 0.1) is 12.7 Å². The lowest BCUT2D eigenvalue weighted by Gasteiger charge is -2.07. The van der Waals surface area contributed by atoms with Crippen molar-refractivity contribution in [1.82, 2.24) is 0 Å². The third kappa shape index (κ3) is 3.39. The third-order valence-electron chi connectivity index (χ3n) is 2.25. The van der Waals surface area contributed by atoms with Crippen LogP contribution in [-0.4, -0.2) is 13.1 Å². The number of hydrogen-bond acceptors (Lipinski definition) is 2. The van der Waals surface area contributed by atoms with E-state index in [0.29, 0.717) is 5.56 Å². The average Bonchev–Trinajstić information content (AvgIpc) is 2.25. The van der Waals surface area contributed by atoms with Crippen molar-refractivity contribution in [2.75, 3.05) is 7.11 Å². The van der Waals surface area contributed by atoms with Gasteiger partial charge in [-0.15, -0.1) is 0 Å². The van der Waals surface area contributed by atoms with Crippen molar-refractivity contribution in [1.29, 1.82) is 0 Å². The molecule has 0 bridgehead atoms. The highest BCUT2D eigenvalue weighted by Crippen LogP contribution is 2.15. The van der Waals surface area contributed by atoms with Crippen molar-refractivity contribution in [3.63, 3.8) is 0 Å². The van der Waals surface area contributed by atoms with Gasteiger partial charge in [0.15, 0.2) is 0 Å². The molecule has 0 unspecified atom stereocenters. The number of hydrogen-bond donors (Lipinski definition) is 0. The SMILES string of the molecule is CC.COC(=O)c1cc(C)c(C)cc1C. The van der Waals surface area contributed by atoms with Gasteiger partial charge in [0.25, 0.3) is 0 Å². The fourth-order valence-electron chi connectivity index (χ4n) is 1.29. The van der Waals surface area contributed by atoms with Gasteiger partial charge in [0, 0.05) is 0 Å². The standard InChI is InChI=1S/C11H14O2.C2H6/c1-7-5-9(3)10(6-8(7)2)11(12)13-4;1-2/h5-6H,1-4H3;1-2H3. The minimum Gasteiger partial charge on any atom is -0.465 e. The molecule has 1 rings (SSSR count). The highest BCUT2D eigenvalue weighted by molar-refractivity contribution is 5.91. The lowest BCUT2D eigenvalue weighted by Crippen LogP contribution is -2.04. The second-order valence-corrected chi connectivity index (χ2v) is 3.24. The van der Waals surface area contributed by atoms with Crippen molar-refractivity contribution < 1.29 is 9.53 Å². The van der Waals surface area contributed by atoms with Crippen LogP contribution in [0.2, 0.25) is 0 Å². The Kier molecular flexibility index (Phi) is 5.68. The normalized spacial score (nSPS) is 8.93. The number of ether oxygens (including phenoxy) is 1. The summed E-state index contributed by atoms with van der Waals surface area (Å²) in [5, 5.41) is 0. The first kappa shape index (κ1) is 13.7. The molecule has 0 aliphatic heterocycles. The maximum atomic E-state index is 11.3. The fourth-order valence-corrected chi connectivity index (χ4v) is 1.29. The van der Waals surface area contributed by atoms with Gasteiger partial charge in [-0.05, 0) is 43.5 Å². The number of aryl methyl sites for hydroxylation is 3. The molecule has 0 saturated heterocycles. The van der Waals surface area contributed by atoms with E-state index in [4.69, 9.17) is 0 Å². The zero-order valence-corrected chi connectivity index (χ0v) is 10.5. The molecule has 0 heterocycles. The van der Waals surface area contributed by atoms with Crippen LogP contribution in [0.3, 0.4) is 0 Å². The minimum atomic E-state index is -0.263. The Balaban J connectivity index is 0.000000921. The van der Waals surface area contributed by atoms with Crippen LogP contribution in [0.25, 0.3) is 0 Å². The van der Waals surface area contributed by atoms with E-state index in [-0.39, 0.29) is 5.97 Å². The van der Waals surface area contributed by atoms with Crippen LogP contribution in [0.1, 0.15) is 40.9 Å². The van der Waals surface area contributed by atoms with Crippen molar-refractivity contribution in [3.05, 3.63) is 34.4 Å². The summed E-state index contributed by atoms with van der Waals surface area (Å²) in [6, 6.07) is 3.87. The van der Waals surface area contributed by atoms with Crippen molar-refractivity contribution in [2.45, 2.75) is 34.6 Å². The summed E-state index contributed by atoms with van der Waals surface area (Å²) in [5.41, 5.74) is 3.94. The van der Waals surface area contributed by atoms with E-state index in [1.165, 1.54) is 12.7 Å². The molecular formula is C13H20O2. The molecule has 0 aliphatic carbocycles. The van der Waals surface area contributed by atoms with Gasteiger partial charge in [-0.25, -0.2) is 4.79 Å². The quantitative estimate of drug-likeness (QED) is 0.661. The van der Waals surface area contributed by atoms with Crippen LogP contribution in [-0.2, 0) is 4.74 Å². The maximum Gasteiger partial charge on any atom is 0.338 e. The van der Waals surface area contributed by atoms with Crippen molar-refractivity contribution in [3.8, 4) is 0 Å². The number of rotatable bonds is 1. The molecule has 1 aromatic carbocycles. The maximum absolute atomic E-state index is 11.3. The Hall–Kier alpha value is -1.31. The molecule has 2 nitrogen and oxygen atoms in total. The van der Waals surface area contributed by atoms with E-state index in [1.54, 1.807) is 0 Å². The first-order valence-electron chi connectivity index (χ1n) is 5.22. The monoisotopic (exact) mass is 208 g/mol. The molecule has 0 radical (unpaired) electrons. The molecule has 15 heavy (non-hydrogen) atoms. The van der Waals surface area contributed by atoms with Crippen LogP contribution in [0.15, 0.2) is 12.1 Å². The molecule has 84 valence electrons. The zero-order chi connectivity index (χ0) is 12.0. The molecule has 1 aromatic rings. The summed E-state index contributed by atoms with van der Waals surface area (Å²) >= 11 is 0. The first-order valence-corrected chi connectivity index (χ1v) is 5.22. The second-order valence-electron chi connectivity index (χ2n) is 3.24. The predicted octanol–water partition coefficient (Wildman–Crippen LogP) is 3.42. The molecule has 0 spiro atoms. The average molecular weight is 208 g/mol. The predicted molar refractivity (Wildman–Crippen MR) is 63.3 cm³/mol. The second kappa shape index (κ2) is 6.23. The molecule has 0 fully saturated rings. The van der Waals surface area contributed by atoms with Gasteiger partial charge in [0.2, 0.25) is 0 Å². The molecule has 0 saturated carbocycles. The lowest BCUT2D eigenvalue weighted by molar-refractivity contribution is 0.0600. The van der Waals surface area contributed by atoms with Crippen LogP contribution >= 0.6 is 0 Å². The van der Waals surface area contributed by atoms with Gasteiger partial charge in [-0.3, -0.25) is 0 Å². The summed E-state index contributed by atoms with van der Waals surface area (Å²) in [6.45, 7) is 9.93. The third-order valence-corrected chi connectivity index (χ3v) is 2.25. The Morgan fingerprint density at radius 1 is 1.00 bits per heavy atom. The van der Waals surface area contributed by atoms with Gasteiger partial charge in [-0.2, -0.15) is 0 Å². The topological polar surface area (TPSA) is 26.3 Å². The molecule has 0 aromatic heterocycles. The number of methoxy groups -OCH3 is 1. The minimum absolute atomic E-state index is 0.263. The van der Waals surface area contributed by atoms with E-state index >= 15 is 0 Å². The Morgan fingerprint density at radius 2 is 1.47 bits per heavy atom. The van der Waals surface area contributed by atoms with Crippen LogP contribution in [0.4, 0.5) is 0 Å².